The highest BCUT2D eigenvalue weighted by Crippen LogP contribution is 2.33. The summed E-state index contributed by atoms with van der Waals surface area (Å²) in [5, 5.41) is 13.0. The van der Waals surface area contributed by atoms with Crippen LogP contribution in [0.15, 0.2) is 53.3 Å². The van der Waals surface area contributed by atoms with E-state index in [9.17, 15) is 14.4 Å². The van der Waals surface area contributed by atoms with Gasteiger partial charge in [-0.2, -0.15) is 10.3 Å². The van der Waals surface area contributed by atoms with Gasteiger partial charge in [0.05, 0.1) is 25.1 Å². The Kier molecular flexibility index (Phi) is 7.37. The first-order valence-electron chi connectivity index (χ1n) is 11.4. The Bertz CT molecular complexity index is 1490. The lowest BCUT2D eigenvalue weighted by Crippen LogP contribution is -2.25. The van der Waals surface area contributed by atoms with Crippen molar-refractivity contribution in [2.75, 3.05) is 25.6 Å². The Morgan fingerprint density at radius 3 is 2.54 bits per heavy atom. The molecule has 1 amide bonds. The maximum atomic E-state index is 13.0. The first kappa shape index (κ1) is 25.2. The van der Waals surface area contributed by atoms with Gasteiger partial charge in [0.15, 0.2) is 23.8 Å². The first-order chi connectivity index (χ1) is 17.8. The Morgan fingerprint density at radius 1 is 1.08 bits per heavy atom. The standard InChI is InChI=1S/C25H26N6O6/c1-5-36-25(34)23-22(27-29-28-23)16-11-12-18(19(13-16)35-4)37-14-20(32)26-21-15(2)30(3)31(24(21)33)17-9-7-6-8-10-17/h6-13H,5,14H2,1-4H3,(H,26,32)(H,27,28,29). The molecule has 12 nitrogen and oxygen atoms in total. The summed E-state index contributed by atoms with van der Waals surface area (Å²) in [6.45, 7) is 3.27. The number of carbonyl (C=O) groups excluding carboxylic acids is 2. The number of amides is 1. The van der Waals surface area contributed by atoms with Gasteiger partial charge in [-0.15, -0.1) is 5.10 Å². The number of aromatic nitrogens is 5. The molecule has 0 saturated carbocycles. The van der Waals surface area contributed by atoms with E-state index >= 15 is 0 Å². The lowest BCUT2D eigenvalue weighted by Gasteiger charge is -2.12. The molecule has 4 aromatic rings. The summed E-state index contributed by atoms with van der Waals surface area (Å²) in [6.07, 6.45) is 0. The maximum absolute atomic E-state index is 13.0. The van der Waals surface area contributed by atoms with E-state index in [2.05, 4.69) is 20.7 Å². The van der Waals surface area contributed by atoms with Gasteiger partial charge in [-0.3, -0.25) is 14.3 Å². The zero-order valence-corrected chi connectivity index (χ0v) is 20.8. The van der Waals surface area contributed by atoms with E-state index in [1.165, 1.54) is 11.8 Å². The number of nitrogens with one attached hydrogen (secondary N) is 2. The number of carbonyl (C=O) groups is 2. The SMILES string of the molecule is CCOC(=O)c1n[nH]nc1-c1ccc(OCC(=O)Nc2c(C)n(C)n(-c3ccccc3)c2=O)c(OC)c1. The van der Waals surface area contributed by atoms with Crippen molar-refractivity contribution in [2.45, 2.75) is 13.8 Å². The second kappa shape index (κ2) is 10.8. The minimum atomic E-state index is -0.607. The van der Waals surface area contributed by atoms with E-state index in [-0.39, 0.29) is 41.6 Å². The highest BCUT2D eigenvalue weighted by atomic mass is 16.5. The number of rotatable bonds is 9. The topological polar surface area (TPSA) is 142 Å². The van der Waals surface area contributed by atoms with Gasteiger partial charge in [-0.1, -0.05) is 18.2 Å². The van der Waals surface area contributed by atoms with Crippen molar-refractivity contribution in [2.24, 2.45) is 7.05 Å². The predicted octanol–water partition coefficient (Wildman–Crippen LogP) is 2.47. The molecule has 2 heterocycles. The monoisotopic (exact) mass is 506 g/mol. The van der Waals surface area contributed by atoms with Crippen LogP contribution in [0.5, 0.6) is 11.5 Å². The van der Waals surface area contributed by atoms with Crippen molar-refractivity contribution in [3.05, 3.63) is 70.3 Å². The van der Waals surface area contributed by atoms with Gasteiger partial charge in [0, 0.05) is 12.6 Å². The Hall–Kier alpha value is -4.87. The summed E-state index contributed by atoms with van der Waals surface area (Å²) in [5.41, 5.74) is 1.94. The zero-order valence-electron chi connectivity index (χ0n) is 20.8. The van der Waals surface area contributed by atoms with Crippen LogP contribution in [0.4, 0.5) is 5.69 Å². The summed E-state index contributed by atoms with van der Waals surface area (Å²) >= 11 is 0. The van der Waals surface area contributed by atoms with E-state index in [0.29, 0.717) is 22.7 Å². The van der Waals surface area contributed by atoms with Gasteiger partial charge in [0.25, 0.3) is 11.5 Å². The average molecular weight is 507 g/mol. The molecular weight excluding hydrogens is 480 g/mol. The molecule has 192 valence electrons. The number of methoxy groups -OCH3 is 1. The first-order valence-corrected chi connectivity index (χ1v) is 11.4. The number of para-hydroxylation sites is 1. The molecular formula is C25H26N6O6. The third-order valence-corrected chi connectivity index (χ3v) is 5.63. The fourth-order valence-corrected chi connectivity index (χ4v) is 3.74. The highest BCUT2D eigenvalue weighted by Gasteiger charge is 2.21. The summed E-state index contributed by atoms with van der Waals surface area (Å²) < 4.78 is 19.2. The third-order valence-electron chi connectivity index (χ3n) is 5.63. The molecule has 0 bridgehead atoms. The van der Waals surface area contributed by atoms with Crippen LogP contribution < -0.4 is 20.3 Å². The van der Waals surface area contributed by atoms with Crippen molar-refractivity contribution >= 4 is 17.6 Å². The molecule has 2 N–H and O–H groups in total. The number of benzene rings is 2. The van der Waals surface area contributed by atoms with Crippen LogP contribution in [0.1, 0.15) is 23.1 Å². The molecule has 0 radical (unpaired) electrons. The minimum Gasteiger partial charge on any atom is -0.493 e. The van der Waals surface area contributed by atoms with E-state index in [0.717, 1.165) is 0 Å². The van der Waals surface area contributed by atoms with Gasteiger partial charge < -0.3 is 19.5 Å². The molecule has 37 heavy (non-hydrogen) atoms. The van der Waals surface area contributed by atoms with Gasteiger partial charge in [0.1, 0.15) is 11.4 Å². The van der Waals surface area contributed by atoms with Gasteiger partial charge >= 0.3 is 5.97 Å². The van der Waals surface area contributed by atoms with Gasteiger partial charge in [-0.25, -0.2) is 9.48 Å². The Balaban J connectivity index is 1.49. The average Bonchev–Trinajstić information content (AvgIpc) is 3.48. The minimum absolute atomic E-state index is 0.0383. The van der Waals surface area contributed by atoms with Crippen molar-refractivity contribution < 1.29 is 23.8 Å². The second-order valence-corrected chi connectivity index (χ2v) is 7.88. The molecule has 0 aliphatic heterocycles. The predicted molar refractivity (Wildman–Crippen MR) is 134 cm³/mol. The normalized spacial score (nSPS) is 10.7. The van der Waals surface area contributed by atoms with E-state index in [4.69, 9.17) is 14.2 Å². The van der Waals surface area contributed by atoms with Crippen LogP contribution in [0.3, 0.4) is 0 Å². The fraction of sp³-hybridized carbons (Fsp3) is 0.240. The van der Waals surface area contributed by atoms with Crippen LogP contribution in [0.25, 0.3) is 16.9 Å². The molecule has 12 heteroatoms. The fourth-order valence-electron chi connectivity index (χ4n) is 3.74. The molecule has 0 unspecified atom stereocenters. The summed E-state index contributed by atoms with van der Waals surface area (Å²) in [5.74, 6) is -0.525. The number of nitrogens with zero attached hydrogens (tertiary/aromatic N) is 4. The number of esters is 1. The van der Waals surface area contributed by atoms with Gasteiger partial charge in [-0.05, 0) is 44.2 Å². The molecule has 0 saturated heterocycles. The molecule has 0 spiro atoms. The number of H-pyrrole nitrogens is 1. The Morgan fingerprint density at radius 2 is 1.84 bits per heavy atom. The summed E-state index contributed by atoms with van der Waals surface area (Å²) in [6, 6.07) is 14.0. The number of anilines is 1. The van der Waals surface area contributed by atoms with Crippen LogP contribution in [0, 0.1) is 6.92 Å². The van der Waals surface area contributed by atoms with Crippen LogP contribution >= 0.6 is 0 Å². The quantitative estimate of drug-likeness (QED) is 0.330. The summed E-state index contributed by atoms with van der Waals surface area (Å²) in [7, 11) is 3.19. The van der Waals surface area contributed by atoms with E-state index in [1.807, 2.05) is 18.2 Å². The second-order valence-electron chi connectivity index (χ2n) is 7.88. The van der Waals surface area contributed by atoms with Crippen molar-refractivity contribution in [1.29, 1.82) is 0 Å². The Labute approximate surface area is 211 Å². The smallest absolute Gasteiger partial charge is 0.361 e. The largest absolute Gasteiger partial charge is 0.493 e. The lowest BCUT2D eigenvalue weighted by atomic mass is 10.1. The van der Waals surface area contributed by atoms with Crippen molar-refractivity contribution in [3.63, 3.8) is 0 Å². The lowest BCUT2D eigenvalue weighted by molar-refractivity contribution is -0.118. The number of aromatic amines is 1. The van der Waals surface area contributed by atoms with Crippen LogP contribution in [-0.2, 0) is 16.6 Å². The number of hydrogen-bond donors (Lipinski definition) is 2. The van der Waals surface area contributed by atoms with Crippen molar-refractivity contribution in [3.8, 4) is 28.4 Å². The van der Waals surface area contributed by atoms with Gasteiger partial charge in [0.2, 0.25) is 0 Å². The van der Waals surface area contributed by atoms with E-state index in [1.54, 1.807) is 55.9 Å². The van der Waals surface area contributed by atoms with Crippen LogP contribution in [-0.4, -0.2) is 57.0 Å². The molecule has 0 aliphatic carbocycles. The van der Waals surface area contributed by atoms with Crippen LogP contribution in [0.2, 0.25) is 0 Å². The van der Waals surface area contributed by atoms with E-state index < -0.39 is 11.9 Å². The summed E-state index contributed by atoms with van der Waals surface area (Å²) in [4.78, 5) is 37.8. The maximum Gasteiger partial charge on any atom is 0.361 e. The molecule has 2 aromatic heterocycles. The molecule has 2 aromatic carbocycles. The molecule has 0 atom stereocenters. The zero-order chi connectivity index (χ0) is 26.5. The third kappa shape index (κ3) is 5.08. The molecule has 0 fully saturated rings. The number of ether oxygens (including phenoxy) is 3. The highest BCUT2D eigenvalue weighted by molar-refractivity contribution is 5.94. The molecule has 4 rings (SSSR count). The van der Waals surface area contributed by atoms with Crippen molar-refractivity contribution in [1.82, 2.24) is 24.8 Å². The number of hydrogen-bond acceptors (Lipinski definition) is 8. The molecule has 0 aliphatic rings.